The predicted molar refractivity (Wildman–Crippen MR) is 60.8 cm³/mol. The maximum atomic E-state index is 11.5. The Morgan fingerprint density at radius 2 is 2.27 bits per heavy atom. The monoisotopic (exact) mass is 207 g/mol. The van der Waals surface area contributed by atoms with Gasteiger partial charge in [-0.3, -0.25) is 4.79 Å². The van der Waals surface area contributed by atoms with Crippen LogP contribution in [0.4, 0.5) is 5.69 Å². The second-order valence-corrected chi connectivity index (χ2v) is 3.82. The van der Waals surface area contributed by atoms with Gasteiger partial charge < -0.3 is 10.4 Å². The first-order chi connectivity index (χ1) is 7.11. The highest BCUT2D eigenvalue weighted by molar-refractivity contribution is 5.90. The van der Waals surface area contributed by atoms with Gasteiger partial charge in [-0.1, -0.05) is 26.3 Å². The summed E-state index contributed by atoms with van der Waals surface area (Å²) in [7, 11) is 0. The molecule has 1 aromatic carbocycles. The molecule has 3 heteroatoms. The summed E-state index contributed by atoms with van der Waals surface area (Å²) in [6.07, 6.45) is 1.51. The Hall–Kier alpha value is -1.51. The smallest absolute Gasteiger partial charge is 0.224 e. The Bertz CT molecular complexity index is 336. The second-order valence-electron chi connectivity index (χ2n) is 3.82. The average Bonchev–Trinajstić information content (AvgIpc) is 2.17. The quantitative estimate of drug-likeness (QED) is 0.797. The lowest BCUT2D eigenvalue weighted by Crippen LogP contribution is -2.14. The minimum Gasteiger partial charge on any atom is -0.508 e. The average molecular weight is 207 g/mol. The van der Waals surface area contributed by atoms with Crippen molar-refractivity contribution in [1.82, 2.24) is 0 Å². The van der Waals surface area contributed by atoms with Gasteiger partial charge in [-0.05, 0) is 18.1 Å². The van der Waals surface area contributed by atoms with E-state index in [0.717, 1.165) is 6.42 Å². The van der Waals surface area contributed by atoms with E-state index < -0.39 is 0 Å². The molecule has 0 fully saturated rings. The highest BCUT2D eigenvalue weighted by atomic mass is 16.3. The summed E-state index contributed by atoms with van der Waals surface area (Å²) in [6.45, 7) is 4.11. The zero-order valence-corrected chi connectivity index (χ0v) is 9.16. The van der Waals surface area contributed by atoms with Crippen molar-refractivity contribution in [3.63, 3.8) is 0 Å². The van der Waals surface area contributed by atoms with Crippen molar-refractivity contribution >= 4 is 11.6 Å². The molecule has 0 aliphatic rings. The summed E-state index contributed by atoms with van der Waals surface area (Å²) < 4.78 is 0. The molecule has 1 amide bonds. The Labute approximate surface area is 90.1 Å². The van der Waals surface area contributed by atoms with Crippen molar-refractivity contribution in [2.45, 2.75) is 26.7 Å². The van der Waals surface area contributed by atoms with Crippen molar-refractivity contribution < 1.29 is 9.90 Å². The van der Waals surface area contributed by atoms with Crippen LogP contribution in [-0.4, -0.2) is 11.0 Å². The first kappa shape index (κ1) is 11.6. The molecule has 0 bridgehead atoms. The molecular weight excluding hydrogens is 190 g/mol. The molecule has 3 nitrogen and oxygen atoms in total. The lowest BCUT2D eigenvalue weighted by Gasteiger charge is -2.09. The third kappa shape index (κ3) is 4.02. The van der Waals surface area contributed by atoms with Crippen LogP contribution in [0.2, 0.25) is 0 Å². The second kappa shape index (κ2) is 5.39. The molecule has 0 aromatic heterocycles. The first-order valence-corrected chi connectivity index (χ1v) is 5.20. The van der Waals surface area contributed by atoms with Gasteiger partial charge in [0.25, 0.3) is 0 Å². The van der Waals surface area contributed by atoms with Crippen molar-refractivity contribution in [3.05, 3.63) is 24.3 Å². The molecular formula is C12H17NO2. The van der Waals surface area contributed by atoms with Crippen LogP contribution in [0, 0.1) is 5.92 Å². The van der Waals surface area contributed by atoms with Crippen LogP contribution in [0.15, 0.2) is 24.3 Å². The van der Waals surface area contributed by atoms with Gasteiger partial charge in [0.1, 0.15) is 5.75 Å². The first-order valence-electron chi connectivity index (χ1n) is 5.20. The van der Waals surface area contributed by atoms with E-state index in [4.69, 9.17) is 0 Å². The molecule has 0 aliphatic carbocycles. The summed E-state index contributed by atoms with van der Waals surface area (Å²) in [5, 5.41) is 12.0. The van der Waals surface area contributed by atoms with Crippen molar-refractivity contribution in [2.75, 3.05) is 5.32 Å². The van der Waals surface area contributed by atoms with Gasteiger partial charge in [-0.2, -0.15) is 0 Å². The minimum absolute atomic E-state index is 0.00468. The molecule has 0 saturated heterocycles. The Kier molecular flexibility index (Phi) is 4.16. The lowest BCUT2D eigenvalue weighted by molar-refractivity contribution is -0.117. The zero-order valence-electron chi connectivity index (χ0n) is 9.16. The van der Waals surface area contributed by atoms with E-state index >= 15 is 0 Å². The number of benzene rings is 1. The summed E-state index contributed by atoms with van der Waals surface area (Å²) in [5.74, 6) is 0.550. The molecule has 82 valence electrons. The fourth-order valence-electron chi connectivity index (χ4n) is 1.26. The molecule has 2 N–H and O–H groups in total. The number of carbonyl (C=O) groups is 1. The van der Waals surface area contributed by atoms with Gasteiger partial charge in [0.15, 0.2) is 0 Å². The zero-order chi connectivity index (χ0) is 11.3. The van der Waals surface area contributed by atoms with Crippen LogP contribution < -0.4 is 5.32 Å². The molecule has 0 heterocycles. The van der Waals surface area contributed by atoms with Gasteiger partial charge in [-0.15, -0.1) is 0 Å². The third-order valence-electron chi connectivity index (χ3n) is 2.36. The number of aromatic hydroxyl groups is 1. The summed E-state index contributed by atoms with van der Waals surface area (Å²) >= 11 is 0. The Morgan fingerprint density at radius 1 is 1.53 bits per heavy atom. The maximum absolute atomic E-state index is 11.5. The molecule has 1 atom stereocenters. The highest BCUT2D eigenvalue weighted by Gasteiger charge is 2.07. The molecule has 1 aromatic rings. The van der Waals surface area contributed by atoms with E-state index in [0.29, 0.717) is 18.0 Å². The number of amides is 1. The molecule has 0 saturated carbocycles. The lowest BCUT2D eigenvalue weighted by atomic mass is 10.1. The van der Waals surface area contributed by atoms with Crippen LogP contribution in [0.5, 0.6) is 5.75 Å². The number of carbonyl (C=O) groups excluding carboxylic acids is 1. The highest BCUT2D eigenvalue weighted by Crippen LogP contribution is 2.16. The van der Waals surface area contributed by atoms with Crippen molar-refractivity contribution in [1.29, 1.82) is 0 Å². The van der Waals surface area contributed by atoms with E-state index in [1.165, 1.54) is 6.07 Å². The van der Waals surface area contributed by atoms with E-state index in [-0.39, 0.29) is 11.7 Å². The molecule has 1 unspecified atom stereocenters. The summed E-state index contributed by atoms with van der Waals surface area (Å²) in [6, 6.07) is 6.57. The number of hydrogen-bond acceptors (Lipinski definition) is 2. The van der Waals surface area contributed by atoms with Crippen LogP contribution in [0.3, 0.4) is 0 Å². The molecule has 1 rings (SSSR count). The standard InChI is InChI=1S/C12H17NO2/c1-3-9(2)7-12(15)13-10-5-4-6-11(14)8-10/h4-6,8-9,14H,3,7H2,1-2H3,(H,13,15). The Morgan fingerprint density at radius 3 is 2.87 bits per heavy atom. The van der Waals surface area contributed by atoms with Crippen LogP contribution in [-0.2, 0) is 4.79 Å². The van der Waals surface area contributed by atoms with Crippen molar-refractivity contribution in [2.24, 2.45) is 5.92 Å². The summed E-state index contributed by atoms with van der Waals surface area (Å²) in [4.78, 5) is 11.5. The van der Waals surface area contributed by atoms with Gasteiger partial charge >= 0.3 is 0 Å². The number of hydrogen-bond donors (Lipinski definition) is 2. The number of anilines is 1. The van der Waals surface area contributed by atoms with Gasteiger partial charge in [-0.25, -0.2) is 0 Å². The predicted octanol–water partition coefficient (Wildman–Crippen LogP) is 2.77. The number of phenols is 1. The SMILES string of the molecule is CCC(C)CC(=O)Nc1cccc(O)c1. The molecule has 0 radical (unpaired) electrons. The molecule has 0 spiro atoms. The number of phenolic OH excluding ortho intramolecular Hbond substituents is 1. The normalized spacial score (nSPS) is 12.1. The van der Waals surface area contributed by atoms with E-state index in [1.54, 1.807) is 18.2 Å². The van der Waals surface area contributed by atoms with Crippen LogP contribution in [0.1, 0.15) is 26.7 Å². The molecule has 0 aliphatic heterocycles. The number of nitrogens with one attached hydrogen (secondary N) is 1. The van der Waals surface area contributed by atoms with Crippen LogP contribution >= 0.6 is 0 Å². The third-order valence-corrected chi connectivity index (χ3v) is 2.36. The van der Waals surface area contributed by atoms with Crippen LogP contribution in [0.25, 0.3) is 0 Å². The van der Waals surface area contributed by atoms with E-state index in [2.05, 4.69) is 12.2 Å². The summed E-state index contributed by atoms with van der Waals surface area (Å²) in [5.41, 5.74) is 0.642. The Balaban J connectivity index is 2.51. The van der Waals surface area contributed by atoms with E-state index in [1.807, 2.05) is 6.92 Å². The van der Waals surface area contributed by atoms with Gasteiger partial charge in [0.2, 0.25) is 5.91 Å². The largest absolute Gasteiger partial charge is 0.508 e. The van der Waals surface area contributed by atoms with Gasteiger partial charge in [0, 0.05) is 18.2 Å². The maximum Gasteiger partial charge on any atom is 0.224 e. The fourth-order valence-corrected chi connectivity index (χ4v) is 1.26. The topological polar surface area (TPSA) is 49.3 Å². The van der Waals surface area contributed by atoms with E-state index in [9.17, 15) is 9.90 Å². The number of rotatable bonds is 4. The van der Waals surface area contributed by atoms with Crippen molar-refractivity contribution in [3.8, 4) is 5.75 Å². The molecule has 15 heavy (non-hydrogen) atoms. The fraction of sp³-hybridized carbons (Fsp3) is 0.417. The minimum atomic E-state index is -0.00468. The van der Waals surface area contributed by atoms with Gasteiger partial charge in [0.05, 0.1) is 0 Å².